The van der Waals surface area contributed by atoms with Crippen molar-refractivity contribution in [2.45, 2.75) is 12.8 Å². The Morgan fingerprint density at radius 2 is 1.74 bits per heavy atom. The van der Waals surface area contributed by atoms with Crippen LogP contribution in [0.5, 0.6) is 0 Å². The lowest BCUT2D eigenvalue weighted by Crippen LogP contribution is -2.21. The van der Waals surface area contributed by atoms with Gasteiger partial charge in [-0.25, -0.2) is 14.6 Å². The van der Waals surface area contributed by atoms with Crippen LogP contribution in [0, 0.1) is 0 Å². The summed E-state index contributed by atoms with van der Waals surface area (Å²) in [6.07, 6.45) is 2.26. The number of fused-ring (bicyclic) bond motifs is 1. The molecule has 3 aromatic rings. The van der Waals surface area contributed by atoms with Gasteiger partial charge in [0.05, 0.1) is 10.0 Å². The number of nitrogens with zero attached hydrogens (tertiary/aromatic N) is 5. The Balaban J connectivity index is 1.76. The van der Waals surface area contributed by atoms with Gasteiger partial charge in [0.2, 0.25) is 11.3 Å². The first-order valence-corrected chi connectivity index (χ1v) is 7.93. The SMILES string of the molecule is Clc1ccc(Nc2nc3nonc3nc2N2CCCC2)cc1Cl. The van der Waals surface area contributed by atoms with Crippen LogP contribution in [0.2, 0.25) is 10.0 Å². The molecule has 0 spiro atoms. The summed E-state index contributed by atoms with van der Waals surface area (Å²) in [6.45, 7) is 1.86. The molecule has 1 N–H and O–H groups in total. The molecule has 3 heterocycles. The lowest BCUT2D eigenvalue weighted by Gasteiger charge is -2.19. The van der Waals surface area contributed by atoms with Crippen LogP contribution in [-0.2, 0) is 0 Å². The number of benzene rings is 1. The van der Waals surface area contributed by atoms with Crippen LogP contribution >= 0.6 is 23.2 Å². The quantitative estimate of drug-likeness (QED) is 0.771. The molecule has 0 saturated carbocycles. The van der Waals surface area contributed by atoms with Crippen LogP contribution in [-0.4, -0.2) is 33.4 Å². The van der Waals surface area contributed by atoms with Crippen molar-refractivity contribution >= 4 is 51.8 Å². The molecule has 0 atom stereocenters. The number of aromatic nitrogens is 4. The van der Waals surface area contributed by atoms with Gasteiger partial charge in [0.25, 0.3) is 0 Å². The Bertz CT molecular complexity index is 862. The van der Waals surface area contributed by atoms with Crippen LogP contribution in [0.1, 0.15) is 12.8 Å². The Hall–Kier alpha value is -2.12. The number of hydrogen-bond donors (Lipinski definition) is 1. The number of halogens is 2. The Morgan fingerprint density at radius 3 is 2.48 bits per heavy atom. The van der Waals surface area contributed by atoms with E-state index in [1.165, 1.54) is 0 Å². The standard InChI is InChI=1S/C14H12Cl2N6O/c15-9-4-3-8(7-10(9)16)17-13-14(22-5-1-2-6-22)19-12-11(18-13)20-23-21-12/h3-4,7H,1-2,5-6H2,(H,17,18,20). The molecule has 2 aromatic heterocycles. The van der Waals surface area contributed by atoms with Crippen molar-refractivity contribution in [1.82, 2.24) is 20.3 Å². The average molecular weight is 351 g/mol. The predicted octanol–water partition coefficient (Wildman–Crippen LogP) is 3.66. The molecule has 0 amide bonds. The minimum Gasteiger partial charge on any atom is -0.353 e. The van der Waals surface area contributed by atoms with E-state index in [1.807, 2.05) is 6.07 Å². The van der Waals surface area contributed by atoms with E-state index in [-0.39, 0.29) is 0 Å². The third-order valence-corrected chi connectivity index (χ3v) is 4.42. The summed E-state index contributed by atoms with van der Waals surface area (Å²) >= 11 is 12.0. The Kier molecular flexibility index (Phi) is 3.66. The van der Waals surface area contributed by atoms with Gasteiger partial charge in [0, 0.05) is 18.8 Å². The molecule has 118 valence electrons. The molecule has 9 heteroatoms. The Morgan fingerprint density at radius 1 is 1.00 bits per heavy atom. The van der Waals surface area contributed by atoms with Gasteiger partial charge < -0.3 is 10.2 Å². The van der Waals surface area contributed by atoms with Gasteiger partial charge in [-0.1, -0.05) is 23.2 Å². The van der Waals surface area contributed by atoms with Crippen LogP contribution in [0.4, 0.5) is 17.3 Å². The van der Waals surface area contributed by atoms with E-state index in [0.29, 0.717) is 27.2 Å². The molecule has 1 aromatic carbocycles. The van der Waals surface area contributed by atoms with Crippen molar-refractivity contribution in [1.29, 1.82) is 0 Å². The van der Waals surface area contributed by atoms with Crippen LogP contribution in [0.25, 0.3) is 11.3 Å². The van der Waals surface area contributed by atoms with E-state index >= 15 is 0 Å². The maximum atomic E-state index is 6.07. The first kappa shape index (κ1) is 14.5. The third-order valence-electron chi connectivity index (χ3n) is 3.68. The average Bonchev–Trinajstić information content (AvgIpc) is 3.21. The topological polar surface area (TPSA) is 80.0 Å². The van der Waals surface area contributed by atoms with Crippen molar-refractivity contribution in [2.75, 3.05) is 23.3 Å². The molecule has 0 radical (unpaired) electrons. The van der Waals surface area contributed by atoms with Crippen molar-refractivity contribution in [2.24, 2.45) is 0 Å². The summed E-state index contributed by atoms with van der Waals surface area (Å²) in [5.74, 6) is 1.32. The molecule has 1 aliphatic heterocycles. The Labute approximate surface area is 141 Å². The predicted molar refractivity (Wildman–Crippen MR) is 88.6 cm³/mol. The van der Waals surface area contributed by atoms with Gasteiger partial charge in [-0.2, -0.15) is 0 Å². The zero-order valence-corrected chi connectivity index (χ0v) is 13.5. The highest BCUT2D eigenvalue weighted by Crippen LogP contribution is 2.31. The number of nitrogens with one attached hydrogen (secondary N) is 1. The van der Waals surface area contributed by atoms with Gasteiger partial charge in [0.1, 0.15) is 0 Å². The van der Waals surface area contributed by atoms with E-state index in [1.54, 1.807) is 12.1 Å². The fourth-order valence-corrected chi connectivity index (χ4v) is 2.87. The van der Waals surface area contributed by atoms with Crippen molar-refractivity contribution in [3.05, 3.63) is 28.2 Å². The van der Waals surface area contributed by atoms with Gasteiger partial charge in [-0.15, -0.1) is 0 Å². The van der Waals surface area contributed by atoms with Crippen molar-refractivity contribution in [3.8, 4) is 0 Å². The fourth-order valence-electron chi connectivity index (χ4n) is 2.57. The molecular formula is C14H12Cl2N6O. The first-order chi connectivity index (χ1) is 11.2. The fraction of sp³-hybridized carbons (Fsp3) is 0.286. The minimum absolute atomic E-state index is 0.357. The summed E-state index contributed by atoms with van der Waals surface area (Å²) in [5, 5.41) is 11.7. The highest BCUT2D eigenvalue weighted by atomic mass is 35.5. The minimum atomic E-state index is 0.357. The molecule has 0 aliphatic carbocycles. The maximum absolute atomic E-state index is 6.07. The zero-order chi connectivity index (χ0) is 15.8. The van der Waals surface area contributed by atoms with Crippen molar-refractivity contribution in [3.63, 3.8) is 0 Å². The summed E-state index contributed by atoms with van der Waals surface area (Å²) in [7, 11) is 0. The van der Waals surface area contributed by atoms with E-state index in [4.69, 9.17) is 27.8 Å². The second-order valence-corrected chi connectivity index (χ2v) is 6.07. The van der Waals surface area contributed by atoms with E-state index in [2.05, 4.69) is 30.5 Å². The summed E-state index contributed by atoms with van der Waals surface area (Å²) in [6, 6.07) is 5.30. The summed E-state index contributed by atoms with van der Waals surface area (Å²) in [4.78, 5) is 11.2. The zero-order valence-electron chi connectivity index (χ0n) is 12.0. The highest BCUT2D eigenvalue weighted by Gasteiger charge is 2.21. The molecule has 23 heavy (non-hydrogen) atoms. The normalized spacial score (nSPS) is 14.6. The smallest absolute Gasteiger partial charge is 0.245 e. The van der Waals surface area contributed by atoms with E-state index < -0.39 is 0 Å². The summed E-state index contributed by atoms with van der Waals surface area (Å²) in [5.41, 5.74) is 1.52. The van der Waals surface area contributed by atoms with E-state index in [0.717, 1.165) is 37.4 Å². The lowest BCUT2D eigenvalue weighted by atomic mass is 10.3. The number of rotatable bonds is 3. The molecule has 4 rings (SSSR count). The van der Waals surface area contributed by atoms with Gasteiger partial charge in [0.15, 0.2) is 11.6 Å². The largest absolute Gasteiger partial charge is 0.353 e. The second-order valence-electron chi connectivity index (χ2n) is 5.26. The third kappa shape index (κ3) is 2.77. The molecule has 1 saturated heterocycles. The molecule has 1 fully saturated rings. The van der Waals surface area contributed by atoms with Gasteiger partial charge in [-0.3, -0.25) is 0 Å². The van der Waals surface area contributed by atoms with Crippen LogP contribution in [0.15, 0.2) is 22.8 Å². The van der Waals surface area contributed by atoms with Gasteiger partial charge >= 0.3 is 0 Å². The van der Waals surface area contributed by atoms with Crippen LogP contribution in [0.3, 0.4) is 0 Å². The van der Waals surface area contributed by atoms with E-state index in [9.17, 15) is 0 Å². The van der Waals surface area contributed by atoms with Crippen molar-refractivity contribution < 1.29 is 4.63 Å². The lowest BCUT2D eigenvalue weighted by molar-refractivity contribution is 0.314. The summed E-state index contributed by atoms with van der Waals surface area (Å²) < 4.78 is 4.71. The molecule has 7 nitrogen and oxygen atoms in total. The maximum Gasteiger partial charge on any atom is 0.245 e. The highest BCUT2D eigenvalue weighted by molar-refractivity contribution is 6.42. The molecule has 0 bridgehead atoms. The molecular weight excluding hydrogens is 339 g/mol. The first-order valence-electron chi connectivity index (χ1n) is 7.18. The monoisotopic (exact) mass is 350 g/mol. The molecule has 0 unspecified atom stereocenters. The second kappa shape index (κ2) is 5.82. The number of hydrogen-bond acceptors (Lipinski definition) is 7. The number of anilines is 3. The van der Waals surface area contributed by atoms with Gasteiger partial charge in [-0.05, 0) is 41.4 Å². The molecule has 1 aliphatic rings. The van der Waals surface area contributed by atoms with Crippen LogP contribution < -0.4 is 10.2 Å².